The van der Waals surface area contributed by atoms with E-state index in [1.54, 1.807) is 25.3 Å². The molecule has 32 heavy (non-hydrogen) atoms. The topological polar surface area (TPSA) is 117 Å². The van der Waals surface area contributed by atoms with Crippen molar-refractivity contribution in [2.45, 2.75) is 13.8 Å². The molecule has 0 amide bonds. The Morgan fingerprint density at radius 1 is 1.00 bits per heavy atom. The lowest BCUT2D eigenvalue weighted by Gasteiger charge is -2.14. The number of nitro benzene ring substituents is 2. The zero-order chi connectivity index (χ0) is 23.3. The van der Waals surface area contributed by atoms with Gasteiger partial charge in [-0.1, -0.05) is 17.7 Å². The van der Waals surface area contributed by atoms with Crippen molar-refractivity contribution in [3.05, 3.63) is 89.5 Å². The summed E-state index contributed by atoms with van der Waals surface area (Å²) in [6.45, 7) is 4.14. The quantitative estimate of drug-likeness (QED) is 0.140. The van der Waals surface area contributed by atoms with Crippen molar-refractivity contribution in [1.82, 2.24) is 0 Å². The molecule has 0 aromatic heterocycles. The summed E-state index contributed by atoms with van der Waals surface area (Å²) >= 11 is 2.04. The lowest BCUT2D eigenvalue weighted by atomic mass is 10.2. The molecule has 0 atom stereocenters. The van der Waals surface area contributed by atoms with Crippen LogP contribution in [0, 0.1) is 30.7 Å². The van der Waals surface area contributed by atoms with Crippen molar-refractivity contribution >= 4 is 45.9 Å². The molecule has 10 heteroatoms. The Labute approximate surface area is 197 Å². The minimum Gasteiger partial charge on any atom is -0.490 e. The smallest absolute Gasteiger partial charge is 0.318 e. The maximum absolute atomic E-state index is 11.4. The van der Waals surface area contributed by atoms with Gasteiger partial charge < -0.3 is 9.47 Å². The highest BCUT2D eigenvalue weighted by Gasteiger charge is 2.23. The molecular formula is C22H18IN3O6. The predicted octanol–water partition coefficient (Wildman–Crippen LogP) is 6.36. The first kappa shape index (κ1) is 23.1. The van der Waals surface area contributed by atoms with Crippen molar-refractivity contribution in [1.29, 1.82) is 0 Å². The Morgan fingerprint density at radius 2 is 1.72 bits per heavy atom. The van der Waals surface area contributed by atoms with Crippen LogP contribution in [-0.2, 0) is 0 Å². The first-order valence-electron chi connectivity index (χ1n) is 9.46. The van der Waals surface area contributed by atoms with Crippen molar-refractivity contribution in [3.8, 4) is 17.2 Å². The molecular weight excluding hydrogens is 529 g/mol. The van der Waals surface area contributed by atoms with Crippen LogP contribution in [0.4, 0.5) is 17.1 Å². The lowest BCUT2D eigenvalue weighted by molar-refractivity contribution is -0.394. The summed E-state index contributed by atoms with van der Waals surface area (Å²) in [4.78, 5) is 25.4. The number of nitro groups is 2. The van der Waals surface area contributed by atoms with E-state index >= 15 is 0 Å². The Hall–Kier alpha value is -3.54. The zero-order valence-corrected chi connectivity index (χ0v) is 19.3. The van der Waals surface area contributed by atoms with Crippen LogP contribution in [0.3, 0.4) is 0 Å². The second-order valence-corrected chi connectivity index (χ2v) is 7.79. The molecule has 0 aliphatic heterocycles. The van der Waals surface area contributed by atoms with Gasteiger partial charge in [-0.05, 0) is 72.3 Å². The summed E-state index contributed by atoms with van der Waals surface area (Å²) in [5.41, 5.74) is 1.78. The van der Waals surface area contributed by atoms with E-state index in [0.29, 0.717) is 15.9 Å². The molecule has 0 aliphatic rings. The molecule has 3 aromatic carbocycles. The van der Waals surface area contributed by atoms with Crippen molar-refractivity contribution in [2.24, 2.45) is 4.99 Å². The SMILES string of the molecule is CCOc1cc(C=Nc2ccc(C)cc2)cc(I)c1Oc1ccc([N+](=O)[O-])cc1[N+](=O)[O-]. The average Bonchev–Trinajstić information content (AvgIpc) is 2.75. The standard InChI is InChI=1S/C22H18IN3O6/c1-3-31-21-11-15(13-24-16-6-4-14(2)5-7-16)10-18(23)22(21)32-20-9-8-17(25(27)28)12-19(20)26(29)30/h4-13H,3H2,1-2H3. The number of hydrogen-bond donors (Lipinski definition) is 0. The molecule has 0 bridgehead atoms. The summed E-state index contributed by atoms with van der Waals surface area (Å²) < 4.78 is 12.1. The number of non-ortho nitro benzene ring substituents is 1. The molecule has 0 radical (unpaired) electrons. The van der Waals surface area contributed by atoms with Gasteiger partial charge >= 0.3 is 5.69 Å². The molecule has 0 aliphatic carbocycles. The normalized spacial score (nSPS) is 10.8. The minimum atomic E-state index is -0.724. The third-order valence-electron chi connectivity index (χ3n) is 4.29. The molecule has 164 valence electrons. The van der Waals surface area contributed by atoms with E-state index in [1.807, 2.05) is 53.8 Å². The molecule has 3 aromatic rings. The molecule has 0 heterocycles. The molecule has 0 spiro atoms. The summed E-state index contributed by atoms with van der Waals surface area (Å²) in [7, 11) is 0. The first-order valence-corrected chi connectivity index (χ1v) is 10.5. The Kier molecular flexibility index (Phi) is 7.36. The van der Waals surface area contributed by atoms with E-state index in [2.05, 4.69) is 4.99 Å². The van der Waals surface area contributed by atoms with Gasteiger partial charge in [0.05, 0.1) is 31.8 Å². The van der Waals surface area contributed by atoms with Crippen LogP contribution in [0.15, 0.2) is 59.6 Å². The fourth-order valence-electron chi connectivity index (χ4n) is 2.76. The number of aryl methyl sites for hydroxylation is 1. The van der Waals surface area contributed by atoms with Gasteiger partial charge in [-0.2, -0.15) is 0 Å². The van der Waals surface area contributed by atoms with Crippen LogP contribution >= 0.6 is 22.6 Å². The van der Waals surface area contributed by atoms with Crippen LogP contribution in [0.1, 0.15) is 18.1 Å². The van der Waals surface area contributed by atoms with Gasteiger partial charge in [0.25, 0.3) is 5.69 Å². The van der Waals surface area contributed by atoms with Gasteiger partial charge in [-0.15, -0.1) is 0 Å². The number of rotatable bonds is 8. The maximum atomic E-state index is 11.4. The number of hydrogen-bond acceptors (Lipinski definition) is 7. The van der Waals surface area contributed by atoms with Crippen LogP contribution < -0.4 is 9.47 Å². The fraction of sp³-hybridized carbons (Fsp3) is 0.136. The Balaban J connectivity index is 1.97. The fourth-order valence-corrected chi connectivity index (χ4v) is 3.50. The van der Waals surface area contributed by atoms with Crippen LogP contribution in [-0.4, -0.2) is 22.7 Å². The summed E-state index contributed by atoms with van der Waals surface area (Å²) in [5, 5.41) is 22.4. The minimum absolute atomic E-state index is 0.124. The van der Waals surface area contributed by atoms with E-state index in [4.69, 9.17) is 9.47 Å². The number of ether oxygens (including phenoxy) is 2. The average molecular weight is 547 g/mol. The van der Waals surface area contributed by atoms with Gasteiger partial charge in [-0.3, -0.25) is 25.2 Å². The highest BCUT2D eigenvalue weighted by molar-refractivity contribution is 14.1. The molecule has 0 saturated carbocycles. The molecule has 0 unspecified atom stereocenters. The second kappa shape index (κ2) is 10.2. The van der Waals surface area contributed by atoms with Crippen LogP contribution in [0.5, 0.6) is 17.2 Å². The van der Waals surface area contributed by atoms with Gasteiger partial charge in [-0.25, -0.2) is 0 Å². The van der Waals surface area contributed by atoms with Crippen molar-refractivity contribution in [2.75, 3.05) is 6.61 Å². The largest absolute Gasteiger partial charge is 0.490 e. The number of aliphatic imine (C=N–C) groups is 1. The third kappa shape index (κ3) is 5.58. The maximum Gasteiger partial charge on any atom is 0.318 e. The monoisotopic (exact) mass is 547 g/mol. The molecule has 3 rings (SSSR count). The number of benzene rings is 3. The highest BCUT2D eigenvalue weighted by atomic mass is 127. The van der Waals surface area contributed by atoms with Gasteiger partial charge in [0.15, 0.2) is 11.5 Å². The lowest BCUT2D eigenvalue weighted by Crippen LogP contribution is -2.01. The van der Waals surface area contributed by atoms with E-state index in [0.717, 1.165) is 28.9 Å². The molecule has 0 fully saturated rings. The van der Waals surface area contributed by atoms with Crippen LogP contribution in [0.2, 0.25) is 0 Å². The Morgan fingerprint density at radius 3 is 2.34 bits per heavy atom. The summed E-state index contributed by atoms with van der Waals surface area (Å²) in [6.07, 6.45) is 1.69. The van der Waals surface area contributed by atoms with Crippen molar-refractivity contribution < 1.29 is 19.3 Å². The highest BCUT2D eigenvalue weighted by Crippen LogP contribution is 2.41. The Bertz CT molecular complexity index is 1200. The first-order chi connectivity index (χ1) is 15.3. The van der Waals surface area contributed by atoms with Crippen molar-refractivity contribution in [3.63, 3.8) is 0 Å². The number of nitrogens with zero attached hydrogens (tertiary/aromatic N) is 3. The van der Waals surface area contributed by atoms with Gasteiger partial charge in [0.1, 0.15) is 0 Å². The van der Waals surface area contributed by atoms with E-state index in [1.165, 1.54) is 6.07 Å². The molecule has 0 N–H and O–H groups in total. The number of halogens is 1. The van der Waals surface area contributed by atoms with Gasteiger partial charge in [0.2, 0.25) is 5.75 Å². The van der Waals surface area contributed by atoms with Gasteiger partial charge in [0, 0.05) is 12.3 Å². The molecule has 9 nitrogen and oxygen atoms in total. The summed E-state index contributed by atoms with van der Waals surface area (Å²) in [6, 6.07) is 14.5. The predicted molar refractivity (Wildman–Crippen MR) is 129 cm³/mol. The van der Waals surface area contributed by atoms with E-state index in [-0.39, 0.29) is 11.5 Å². The summed E-state index contributed by atoms with van der Waals surface area (Å²) in [5.74, 6) is 0.523. The third-order valence-corrected chi connectivity index (χ3v) is 5.09. The van der Waals surface area contributed by atoms with Crippen LogP contribution in [0.25, 0.3) is 0 Å². The zero-order valence-electron chi connectivity index (χ0n) is 17.1. The molecule has 0 saturated heterocycles. The van der Waals surface area contributed by atoms with E-state index < -0.39 is 21.2 Å². The van der Waals surface area contributed by atoms with E-state index in [9.17, 15) is 20.2 Å². The second-order valence-electron chi connectivity index (χ2n) is 6.63.